The van der Waals surface area contributed by atoms with Gasteiger partial charge in [0.05, 0.1) is 12.6 Å². The first kappa shape index (κ1) is 13.1. The van der Waals surface area contributed by atoms with E-state index in [0.717, 1.165) is 37.1 Å². The van der Waals surface area contributed by atoms with E-state index in [-0.39, 0.29) is 6.04 Å². The second kappa shape index (κ2) is 5.63. The summed E-state index contributed by atoms with van der Waals surface area (Å²) in [4.78, 5) is 14.1. The van der Waals surface area contributed by atoms with Crippen molar-refractivity contribution in [1.82, 2.24) is 4.90 Å². The van der Waals surface area contributed by atoms with Crippen molar-refractivity contribution < 1.29 is 9.53 Å². The Morgan fingerprint density at radius 3 is 2.74 bits per heavy atom. The third-order valence-electron chi connectivity index (χ3n) is 4.06. The van der Waals surface area contributed by atoms with Crippen LogP contribution < -0.4 is 0 Å². The maximum absolute atomic E-state index is 12.1. The summed E-state index contributed by atoms with van der Waals surface area (Å²) in [7, 11) is 0. The van der Waals surface area contributed by atoms with Crippen molar-refractivity contribution in [3.63, 3.8) is 0 Å². The zero-order chi connectivity index (χ0) is 13.2. The molecule has 2 atom stereocenters. The van der Waals surface area contributed by atoms with Gasteiger partial charge in [0.2, 0.25) is 5.91 Å². The highest BCUT2D eigenvalue weighted by Gasteiger charge is 2.34. The van der Waals surface area contributed by atoms with Crippen molar-refractivity contribution in [2.45, 2.75) is 25.3 Å². The fourth-order valence-corrected chi connectivity index (χ4v) is 3.26. The lowest BCUT2D eigenvalue weighted by molar-refractivity contribution is -0.129. The Morgan fingerprint density at radius 1 is 1.26 bits per heavy atom. The molecule has 2 fully saturated rings. The lowest BCUT2D eigenvalue weighted by Crippen LogP contribution is -2.33. The molecule has 19 heavy (non-hydrogen) atoms. The van der Waals surface area contributed by atoms with Gasteiger partial charge < -0.3 is 9.64 Å². The van der Waals surface area contributed by atoms with Gasteiger partial charge in [-0.2, -0.15) is 0 Å². The Hall–Kier alpha value is -0.870. The summed E-state index contributed by atoms with van der Waals surface area (Å²) >= 11 is 3.45. The second-order valence-corrected chi connectivity index (χ2v) is 6.30. The molecule has 1 aromatic rings. The molecule has 0 radical (unpaired) electrons. The first-order chi connectivity index (χ1) is 9.24. The molecule has 0 aromatic heterocycles. The van der Waals surface area contributed by atoms with Gasteiger partial charge in [-0.1, -0.05) is 28.1 Å². The van der Waals surface area contributed by atoms with Gasteiger partial charge in [0, 0.05) is 30.0 Å². The minimum absolute atomic E-state index is 0.251. The van der Waals surface area contributed by atoms with E-state index < -0.39 is 0 Å². The van der Waals surface area contributed by atoms with Crippen LogP contribution in [0.15, 0.2) is 28.7 Å². The fraction of sp³-hybridized carbons (Fsp3) is 0.533. The van der Waals surface area contributed by atoms with Crippen LogP contribution in [-0.2, 0) is 9.53 Å². The average Bonchev–Trinajstić information content (AvgIpc) is 3.03. The first-order valence-corrected chi connectivity index (χ1v) is 7.66. The van der Waals surface area contributed by atoms with E-state index in [9.17, 15) is 4.79 Å². The zero-order valence-corrected chi connectivity index (χ0v) is 12.4. The van der Waals surface area contributed by atoms with Gasteiger partial charge in [-0.05, 0) is 30.5 Å². The van der Waals surface area contributed by atoms with Crippen LogP contribution in [0.3, 0.4) is 0 Å². The van der Waals surface area contributed by atoms with E-state index in [4.69, 9.17) is 4.74 Å². The average molecular weight is 324 g/mol. The van der Waals surface area contributed by atoms with Crippen LogP contribution >= 0.6 is 15.9 Å². The summed E-state index contributed by atoms with van der Waals surface area (Å²) in [6, 6.07) is 8.59. The van der Waals surface area contributed by atoms with Gasteiger partial charge >= 0.3 is 0 Å². The monoisotopic (exact) mass is 323 g/mol. The molecule has 1 amide bonds. The highest BCUT2D eigenvalue weighted by atomic mass is 79.9. The number of nitrogens with zero attached hydrogens (tertiary/aromatic N) is 1. The van der Waals surface area contributed by atoms with Crippen LogP contribution in [-0.4, -0.2) is 30.6 Å². The van der Waals surface area contributed by atoms with E-state index in [1.807, 2.05) is 0 Å². The van der Waals surface area contributed by atoms with Gasteiger partial charge in [0.15, 0.2) is 0 Å². The molecular weight excluding hydrogens is 306 g/mol. The maximum Gasteiger partial charge on any atom is 0.223 e. The molecule has 3 nitrogen and oxygen atoms in total. The Kier molecular flexibility index (Phi) is 3.89. The fourth-order valence-electron chi connectivity index (χ4n) is 3.00. The number of likely N-dealkylation sites (tertiary alicyclic amines) is 1. The van der Waals surface area contributed by atoms with Gasteiger partial charge in [0.1, 0.15) is 0 Å². The molecule has 0 unspecified atom stereocenters. The van der Waals surface area contributed by atoms with E-state index in [1.165, 1.54) is 5.56 Å². The number of hydrogen-bond donors (Lipinski definition) is 0. The van der Waals surface area contributed by atoms with Gasteiger partial charge in [-0.15, -0.1) is 0 Å². The largest absolute Gasteiger partial charge is 0.381 e. The van der Waals surface area contributed by atoms with Crippen molar-refractivity contribution in [3.8, 4) is 0 Å². The Bertz CT molecular complexity index is 454. The van der Waals surface area contributed by atoms with E-state index in [1.54, 1.807) is 0 Å². The third-order valence-corrected chi connectivity index (χ3v) is 4.59. The summed E-state index contributed by atoms with van der Waals surface area (Å²) < 4.78 is 6.50. The van der Waals surface area contributed by atoms with E-state index in [2.05, 4.69) is 45.1 Å². The molecule has 2 aliphatic heterocycles. The molecule has 1 aromatic carbocycles. The number of carbonyl (C=O) groups excluding carboxylic acids is 1. The molecule has 2 aliphatic rings. The van der Waals surface area contributed by atoms with Crippen molar-refractivity contribution in [3.05, 3.63) is 34.3 Å². The predicted molar refractivity (Wildman–Crippen MR) is 76.8 cm³/mol. The molecular formula is C15H18BrNO2. The maximum atomic E-state index is 12.1. The zero-order valence-electron chi connectivity index (χ0n) is 10.8. The van der Waals surface area contributed by atoms with E-state index >= 15 is 0 Å². The predicted octanol–water partition coefficient (Wildman–Crippen LogP) is 3.15. The van der Waals surface area contributed by atoms with Crippen LogP contribution in [0, 0.1) is 5.92 Å². The van der Waals surface area contributed by atoms with E-state index in [0.29, 0.717) is 18.2 Å². The molecule has 0 N–H and O–H groups in total. The summed E-state index contributed by atoms with van der Waals surface area (Å²) in [5, 5.41) is 0. The van der Waals surface area contributed by atoms with Crippen LogP contribution in [0.2, 0.25) is 0 Å². The number of benzene rings is 1. The first-order valence-electron chi connectivity index (χ1n) is 6.87. The molecule has 2 saturated heterocycles. The number of rotatable bonds is 3. The van der Waals surface area contributed by atoms with Crippen molar-refractivity contribution in [2.24, 2.45) is 5.92 Å². The molecule has 0 saturated carbocycles. The van der Waals surface area contributed by atoms with Gasteiger partial charge in [-0.25, -0.2) is 0 Å². The number of halogens is 1. The number of hydrogen-bond acceptors (Lipinski definition) is 2. The van der Waals surface area contributed by atoms with Gasteiger partial charge in [-0.3, -0.25) is 4.79 Å². The Labute approximate surface area is 122 Å². The smallest absolute Gasteiger partial charge is 0.223 e. The molecule has 4 heteroatoms. The lowest BCUT2D eigenvalue weighted by Gasteiger charge is -2.27. The minimum Gasteiger partial charge on any atom is -0.381 e. The van der Waals surface area contributed by atoms with Crippen LogP contribution in [0.5, 0.6) is 0 Å². The molecule has 0 spiro atoms. The standard InChI is InChI=1S/C15H18BrNO2/c16-13-3-1-12(2-4-13)14-5-6-15(18)17(14)9-11-7-8-19-10-11/h1-4,11,14H,5-10H2/t11-,14-/m0/s1. The van der Waals surface area contributed by atoms with Crippen LogP contribution in [0.1, 0.15) is 30.9 Å². The topological polar surface area (TPSA) is 29.5 Å². The molecule has 2 heterocycles. The third kappa shape index (κ3) is 2.84. The van der Waals surface area contributed by atoms with Crippen molar-refractivity contribution in [2.75, 3.05) is 19.8 Å². The summed E-state index contributed by atoms with van der Waals surface area (Å²) in [6.07, 6.45) is 2.69. The normalized spacial score (nSPS) is 27.2. The van der Waals surface area contributed by atoms with Crippen molar-refractivity contribution in [1.29, 1.82) is 0 Å². The number of amides is 1. The highest BCUT2D eigenvalue weighted by Crippen LogP contribution is 2.34. The Balaban J connectivity index is 1.75. The quantitative estimate of drug-likeness (QED) is 0.855. The van der Waals surface area contributed by atoms with Crippen LogP contribution in [0.25, 0.3) is 0 Å². The number of ether oxygens (including phenoxy) is 1. The molecule has 102 valence electrons. The summed E-state index contributed by atoms with van der Waals surface area (Å²) in [5.41, 5.74) is 1.24. The SMILES string of the molecule is O=C1CC[C@@H](c2ccc(Br)cc2)N1C[C@@H]1CCOC1. The number of carbonyl (C=O) groups is 1. The Morgan fingerprint density at radius 2 is 2.05 bits per heavy atom. The second-order valence-electron chi connectivity index (χ2n) is 5.38. The minimum atomic E-state index is 0.251. The summed E-state index contributed by atoms with van der Waals surface area (Å²) in [5.74, 6) is 0.805. The molecule has 3 rings (SSSR count). The molecule has 0 bridgehead atoms. The highest BCUT2D eigenvalue weighted by molar-refractivity contribution is 9.10. The van der Waals surface area contributed by atoms with Crippen molar-refractivity contribution >= 4 is 21.8 Å². The molecule has 0 aliphatic carbocycles. The summed E-state index contributed by atoms with van der Waals surface area (Å²) in [6.45, 7) is 2.49. The lowest BCUT2D eigenvalue weighted by atomic mass is 10.0. The van der Waals surface area contributed by atoms with Crippen LogP contribution in [0.4, 0.5) is 0 Å². The van der Waals surface area contributed by atoms with Gasteiger partial charge in [0.25, 0.3) is 0 Å².